The molecule has 0 fully saturated rings. The molecule has 2 N–H and O–H groups in total. The lowest BCUT2D eigenvalue weighted by molar-refractivity contribution is 0.0950. The van der Waals surface area contributed by atoms with Crippen molar-refractivity contribution in [3.63, 3.8) is 0 Å². The first kappa shape index (κ1) is 19.4. The second-order valence-electron chi connectivity index (χ2n) is 7.02. The van der Waals surface area contributed by atoms with Crippen LogP contribution in [-0.4, -0.2) is 32.8 Å². The summed E-state index contributed by atoms with van der Waals surface area (Å²) in [6, 6.07) is 19.2. The number of carbonyl (C=O) groups excluding carboxylic acids is 1. The van der Waals surface area contributed by atoms with Crippen LogP contribution < -0.4 is 10.1 Å². The predicted octanol–water partition coefficient (Wildman–Crippen LogP) is 3.82. The van der Waals surface area contributed by atoms with E-state index in [0.29, 0.717) is 17.2 Å². The van der Waals surface area contributed by atoms with Crippen molar-refractivity contribution < 1.29 is 9.53 Å². The molecular weight excluding hydrogens is 378 g/mol. The van der Waals surface area contributed by atoms with Crippen LogP contribution in [0.3, 0.4) is 0 Å². The molecule has 2 aromatic carbocycles. The Kier molecular flexibility index (Phi) is 5.34. The van der Waals surface area contributed by atoms with E-state index in [1.54, 1.807) is 7.11 Å². The Bertz CT molecular complexity index is 1140. The fourth-order valence-electron chi connectivity index (χ4n) is 3.35. The summed E-state index contributed by atoms with van der Waals surface area (Å²) in [5.41, 5.74) is 4.81. The zero-order chi connectivity index (χ0) is 21.1. The lowest BCUT2D eigenvalue weighted by atomic mass is 10.2. The van der Waals surface area contributed by atoms with Crippen LogP contribution in [0.1, 0.15) is 27.6 Å². The van der Waals surface area contributed by atoms with Crippen molar-refractivity contribution >= 4 is 5.91 Å². The van der Waals surface area contributed by atoms with Crippen LogP contribution in [0, 0.1) is 13.8 Å². The molecule has 2 aromatic heterocycles. The second-order valence-corrected chi connectivity index (χ2v) is 7.02. The first-order valence-electron chi connectivity index (χ1n) is 9.64. The van der Waals surface area contributed by atoms with Crippen LogP contribution in [-0.2, 0) is 6.54 Å². The third-order valence-corrected chi connectivity index (χ3v) is 4.96. The van der Waals surface area contributed by atoms with Gasteiger partial charge in [0.2, 0.25) is 0 Å². The van der Waals surface area contributed by atoms with Crippen LogP contribution in [0.5, 0.6) is 5.75 Å². The molecule has 4 rings (SSSR count). The van der Waals surface area contributed by atoms with E-state index in [1.165, 1.54) is 0 Å². The Balaban J connectivity index is 1.39. The van der Waals surface area contributed by atoms with Gasteiger partial charge < -0.3 is 14.6 Å². The van der Waals surface area contributed by atoms with Gasteiger partial charge in [0, 0.05) is 28.2 Å². The van der Waals surface area contributed by atoms with Crippen molar-refractivity contribution in [2.75, 3.05) is 7.11 Å². The summed E-state index contributed by atoms with van der Waals surface area (Å²) in [6.45, 7) is 4.38. The smallest absolute Gasteiger partial charge is 0.251 e. The largest absolute Gasteiger partial charge is 0.497 e. The molecule has 0 unspecified atom stereocenters. The topological polar surface area (TPSA) is 84.8 Å². The number of aromatic amines is 1. The summed E-state index contributed by atoms with van der Waals surface area (Å²) < 4.78 is 7.31. The van der Waals surface area contributed by atoms with Crippen molar-refractivity contribution in [3.05, 3.63) is 83.4 Å². The number of amides is 1. The van der Waals surface area contributed by atoms with Gasteiger partial charge >= 0.3 is 0 Å². The third-order valence-electron chi connectivity index (χ3n) is 4.96. The van der Waals surface area contributed by atoms with E-state index in [0.717, 1.165) is 28.4 Å². The fourth-order valence-corrected chi connectivity index (χ4v) is 3.35. The highest BCUT2D eigenvalue weighted by molar-refractivity contribution is 5.94. The number of hydrogen-bond donors (Lipinski definition) is 2. The standard InChI is InChI=1S/C23H23N5O2/c1-15-4-5-16(2)28(15)19-10-6-18(7-11-19)23(29)24-14-21-25-22(27-26-21)17-8-12-20(30-3)13-9-17/h4-13H,14H2,1-3H3,(H,24,29)(H,25,26,27). The number of nitrogens with one attached hydrogen (secondary N) is 2. The molecule has 7 nitrogen and oxygen atoms in total. The lowest BCUT2D eigenvalue weighted by Crippen LogP contribution is -2.23. The summed E-state index contributed by atoms with van der Waals surface area (Å²) in [5, 5.41) is 9.96. The number of nitrogens with zero attached hydrogens (tertiary/aromatic N) is 3. The minimum absolute atomic E-state index is 0.162. The zero-order valence-electron chi connectivity index (χ0n) is 17.1. The number of methoxy groups -OCH3 is 1. The number of benzene rings is 2. The number of aryl methyl sites for hydroxylation is 2. The molecule has 0 bridgehead atoms. The predicted molar refractivity (Wildman–Crippen MR) is 115 cm³/mol. The zero-order valence-corrected chi connectivity index (χ0v) is 17.1. The van der Waals surface area contributed by atoms with E-state index in [-0.39, 0.29) is 12.5 Å². The molecule has 7 heteroatoms. The third kappa shape index (κ3) is 3.96. The van der Waals surface area contributed by atoms with E-state index in [9.17, 15) is 4.79 Å². The SMILES string of the molecule is COc1ccc(-c2n[nH]c(CNC(=O)c3ccc(-n4c(C)ccc4C)cc3)n2)cc1. The molecule has 0 aliphatic rings. The molecule has 0 aliphatic heterocycles. The highest BCUT2D eigenvalue weighted by Crippen LogP contribution is 2.19. The van der Waals surface area contributed by atoms with Crippen LogP contribution in [0.15, 0.2) is 60.7 Å². The van der Waals surface area contributed by atoms with Gasteiger partial charge in [0.15, 0.2) is 5.82 Å². The minimum atomic E-state index is -0.162. The van der Waals surface area contributed by atoms with Gasteiger partial charge in [-0.25, -0.2) is 4.98 Å². The molecule has 0 saturated heterocycles. The number of rotatable bonds is 6. The van der Waals surface area contributed by atoms with Gasteiger partial charge in [0.1, 0.15) is 11.6 Å². The van der Waals surface area contributed by atoms with Gasteiger partial charge in [0.25, 0.3) is 5.91 Å². The first-order valence-corrected chi connectivity index (χ1v) is 9.64. The monoisotopic (exact) mass is 401 g/mol. The molecule has 30 heavy (non-hydrogen) atoms. The van der Waals surface area contributed by atoms with E-state index in [1.807, 2.05) is 48.5 Å². The summed E-state index contributed by atoms with van der Waals surface area (Å²) >= 11 is 0. The van der Waals surface area contributed by atoms with Crippen LogP contribution in [0.4, 0.5) is 0 Å². The highest BCUT2D eigenvalue weighted by atomic mass is 16.5. The van der Waals surface area contributed by atoms with Crippen molar-refractivity contribution in [2.45, 2.75) is 20.4 Å². The van der Waals surface area contributed by atoms with Crippen molar-refractivity contribution in [2.24, 2.45) is 0 Å². The maximum Gasteiger partial charge on any atom is 0.251 e. The van der Waals surface area contributed by atoms with Crippen LogP contribution in [0.2, 0.25) is 0 Å². The average molecular weight is 401 g/mol. The molecule has 4 aromatic rings. The van der Waals surface area contributed by atoms with Gasteiger partial charge in [-0.3, -0.25) is 9.89 Å². The molecule has 0 saturated carbocycles. The van der Waals surface area contributed by atoms with Gasteiger partial charge in [0.05, 0.1) is 13.7 Å². The Hall–Kier alpha value is -3.87. The Labute approximate surface area is 174 Å². The quantitative estimate of drug-likeness (QED) is 0.514. The molecule has 0 aliphatic carbocycles. The lowest BCUT2D eigenvalue weighted by Gasteiger charge is -2.10. The Morgan fingerprint density at radius 3 is 2.30 bits per heavy atom. The average Bonchev–Trinajstić information content (AvgIpc) is 3.38. The molecule has 0 spiro atoms. The molecule has 0 radical (unpaired) electrons. The number of H-pyrrole nitrogens is 1. The van der Waals surface area contributed by atoms with Gasteiger partial charge in [-0.1, -0.05) is 0 Å². The van der Waals surface area contributed by atoms with E-state index >= 15 is 0 Å². The van der Waals surface area contributed by atoms with Gasteiger partial charge in [-0.2, -0.15) is 5.10 Å². The van der Waals surface area contributed by atoms with Crippen molar-refractivity contribution in [1.29, 1.82) is 0 Å². The molecule has 152 valence electrons. The number of aromatic nitrogens is 4. The molecule has 1 amide bonds. The summed E-state index contributed by atoms with van der Waals surface area (Å²) in [4.78, 5) is 16.9. The van der Waals surface area contributed by atoms with Gasteiger partial charge in [-0.15, -0.1) is 0 Å². The van der Waals surface area contributed by atoms with Crippen LogP contribution in [0.25, 0.3) is 17.1 Å². The fraction of sp³-hybridized carbons (Fsp3) is 0.174. The normalized spacial score (nSPS) is 10.8. The minimum Gasteiger partial charge on any atom is -0.497 e. The molecule has 0 atom stereocenters. The number of ether oxygens (including phenoxy) is 1. The summed E-state index contributed by atoms with van der Waals surface area (Å²) in [7, 11) is 1.62. The summed E-state index contributed by atoms with van der Waals surface area (Å²) in [5.74, 6) is 1.77. The maximum atomic E-state index is 12.5. The first-order chi connectivity index (χ1) is 14.5. The molecule has 2 heterocycles. The summed E-state index contributed by atoms with van der Waals surface area (Å²) in [6.07, 6.45) is 0. The van der Waals surface area contributed by atoms with Crippen molar-refractivity contribution in [1.82, 2.24) is 25.1 Å². The number of hydrogen-bond acceptors (Lipinski definition) is 4. The van der Waals surface area contributed by atoms with E-state index in [2.05, 4.69) is 51.0 Å². The van der Waals surface area contributed by atoms with Crippen molar-refractivity contribution in [3.8, 4) is 22.8 Å². The second kappa shape index (κ2) is 8.24. The highest BCUT2D eigenvalue weighted by Gasteiger charge is 2.10. The van der Waals surface area contributed by atoms with E-state index < -0.39 is 0 Å². The van der Waals surface area contributed by atoms with Crippen LogP contribution >= 0.6 is 0 Å². The Morgan fingerprint density at radius 1 is 1.00 bits per heavy atom. The van der Waals surface area contributed by atoms with Gasteiger partial charge in [-0.05, 0) is 74.5 Å². The Morgan fingerprint density at radius 2 is 1.67 bits per heavy atom. The molecular formula is C23H23N5O2. The maximum absolute atomic E-state index is 12.5. The number of carbonyl (C=O) groups is 1. The van der Waals surface area contributed by atoms with E-state index in [4.69, 9.17) is 4.74 Å².